The highest BCUT2D eigenvalue weighted by molar-refractivity contribution is 5.66. The zero-order valence-corrected chi connectivity index (χ0v) is 14.0. The van der Waals surface area contributed by atoms with Crippen LogP contribution in [0.3, 0.4) is 0 Å². The van der Waals surface area contributed by atoms with E-state index in [1.807, 2.05) is 0 Å². The molecule has 0 spiro atoms. The van der Waals surface area contributed by atoms with Gasteiger partial charge in [0, 0.05) is 12.8 Å². The smallest absolute Gasteiger partial charge is 0.303 e. The van der Waals surface area contributed by atoms with Gasteiger partial charge < -0.3 is 10.2 Å². The first-order valence-corrected chi connectivity index (χ1v) is 9.06. The van der Waals surface area contributed by atoms with E-state index >= 15 is 0 Å². The normalized spacial score (nSPS) is 14.0. The van der Waals surface area contributed by atoms with E-state index in [1.54, 1.807) is 0 Å². The topological polar surface area (TPSA) is 74.6 Å². The summed E-state index contributed by atoms with van der Waals surface area (Å²) in [6, 6.07) is 0. The summed E-state index contributed by atoms with van der Waals surface area (Å²) in [5.41, 5.74) is 0. The fourth-order valence-electron chi connectivity index (χ4n) is 2.67. The zero-order chi connectivity index (χ0) is 16.5. The predicted molar refractivity (Wildman–Crippen MR) is 89.1 cm³/mol. The van der Waals surface area contributed by atoms with Crippen LogP contribution in [0.4, 0.5) is 0 Å². The molecule has 0 aliphatic heterocycles. The minimum Gasteiger partial charge on any atom is -0.481 e. The Morgan fingerprint density at radius 2 is 0.727 bits per heavy atom. The Kier molecular flexibility index (Phi) is 15.5. The summed E-state index contributed by atoms with van der Waals surface area (Å²) in [6.07, 6.45) is 17.5. The van der Waals surface area contributed by atoms with E-state index in [0.29, 0.717) is 0 Å². The highest BCUT2D eigenvalue weighted by Gasteiger charge is 1.98. The van der Waals surface area contributed by atoms with Crippen LogP contribution in [0.15, 0.2) is 0 Å². The molecule has 0 aromatic rings. The second kappa shape index (κ2) is 16.3. The van der Waals surface area contributed by atoms with Crippen molar-refractivity contribution >= 4 is 11.9 Å². The van der Waals surface area contributed by atoms with Crippen molar-refractivity contribution in [2.45, 2.75) is 103 Å². The van der Waals surface area contributed by atoms with Gasteiger partial charge in [-0.15, -0.1) is 0 Å². The van der Waals surface area contributed by atoms with Gasteiger partial charge in [0.15, 0.2) is 0 Å². The van der Waals surface area contributed by atoms with Gasteiger partial charge >= 0.3 is 11.9 Å². The number of carbonyl (C=O) groups is 2. The van der Waals surface area contributed by atoms with Crippen molar-refractivity contribution in [3.8, 4) is 0 Å². The molecule has 1 aliphatic carbocycles. The average molecular weight is 314 g/mol. The van der Waals surface area contributed by atoms with Crippen LogP contribution in [-0.2, 0) is 9.59 Å². The molecular formula is C18H34O4. The molecule has 0 radical (unpaired) electrons. The summed E-state index contributed by atoms with van der Waals surface area (Å²) >= 11 is 0. The summed E-state index contributed by atoms with van der Waals surface area (Å²) in [4.78, 5) is 20.4. The summed E-state index contributed by atoms with van der Waals surface area (Å²) in [5, 5.41) is 16.8. The van der Waals surface area contributed by atoms with Crippen LogP contribution in [-0.4, -0.2) is 22.2 Å². The SMILES string of the molecule is C1CCCCC1.O=C(O)CCCCCCCCCCC(=O)O. The molecule has 0 amide bonds. The van der Waals surface area contributed by atoms with Crippen molar-refractivity contribution < 1.29 is 19.8 Å². The molecule has 1 saturated carbocycles. The lowest BCUT2D eigenvalue weighted by Crippen LogP contribution is -1.94. The lowest BCUT2D eigenvalue weighted by atomic mass is 10.0. The number of hydrogen-bond acceptors (Lipinski definition) is 2. The van der Waals surface area contributed by atoms with E-state index in [2.05, 4.69) is 0 Å². The number of aliphatic carboxylic acids is 2. The van der Waals surface area contributed by atoms with Crippen LogP contribution < -0.4 is 0 Å². The first kappa shape index (κ1) is 20.9. The fourth-order valence-corrected chi connectivity index (χ4v) is 2.67. The summed E-state index contributed by atoms with van der Waals surface area (Å²) in [5.74, 6) is -1.43. The van der Waals surface area contributed by atoms with Crippen molar-refractivity contribution in [3.63, 3.8) is 0 Å². The number of unbranched alkanes of at least 4 members (excludes halogenated alkanes) is 7. The van der Waals surface area contributed by atoms with E-state index in [4.69, 9.17) is 10.2 Å². The minimum atomic E-state index is -0.714. The van der Waals surface area contributed by atoms with Gasteiger partial charge in [-0.05, 0) is 12.8 Å². The van der Waals surface area contributed by atoms with Gasteiger partial charge in [0.1, 0.15) is 0 Å². The molecular weight excluding hydrogens is 280 g/mol. The van der Waals surface area contributed by atoms with Crippen LogP contribution in [0.25, 0.3) is 0 Å². The van der Waals surface area contributed by atoms with Gasteiger partial charge in [-0.1, -0.05) is 77.0 Å². The highest BCUT2D eigenvalue weighted by Crippen LogP contribution is 2.15. The van der Waals surface area contributed by atoms with Gasteiger partial charge in [-0.3, -0.25) is 9.59 Å². The monoisotopic (exact) mass is 314 g/mol. The molecule has 0 unspecified atom stereocenters. The van der Waals surface area contributed by atoms with Gasteiger partial charge in [-0.2, -0.15) is 0 Å². The number of carboxylic acids is 2. The molecule has 0 bridgehead atoms. The number of carboxylic acid groups (broad SMARTS) is 2. The third-order valence-corrected chi connectivity index (χ3v) is 4.03. The quantitative estimate of drug-likeness (QED) is 0.501. The maximum absolute atomic E-state index is 10.2. The van der Waals surface area contributed by atoms with Crippen molar-refractivity contribution in [1.29, 1.82) is 0 Å². The Morgan fingerprint density at radius 1 is 0.500 bits per heavy atom. The number of rotatable bonds is 11. The predicted octanol–water partition coefficient (Wildman–Crippen LogP) is 5.40. The second-order valence-electron chi connectivity index (χ2n) is 6.24. The molecule has 130 valence electrons. The molecule has 4 nitrogen and oxygen atoms in total. The van der Waals surface area contributed by atoms with Crippen LogP contribution in [0.2, 0.25) is 0 Å². The lowest BCUT2D eigenvalue weighted by Gasteiger charge is -2.05. The van der Waals surface area contributed by atoms with E-state index in [1.165, 1.54) is 38.5 Å². The maximum Gasteiger partial charge on any atom is 0.303 e. The van der Waals surface area contributed by atoms with Crippen LogP contribution in [0.1, 0.15) is 103 Å². The van der Waals surface area contributed by atoms with Gasteiger partial charge in [-0.25, -0.2) is 0 Å². The number of hydrogen-bond donors (Lipinski definition) is 2. The van der Waals surface area contributed by atoms with E-state index in [9.17, 15) is 9.59 Å². The Bertz CT molecular complexity index is 239. The van der Waals surface area contributed by atoms with E-state index in [-0.39, 0.29) is 12.8 Å². The molecule has 2 N–H and O–H groups in total. The molecule has 0 saturated heterocycles. The first-order chi connectivity index (χ1) is 10.6. The lowest BCUT2D eigenvalue weighted by molar-refractivity contribution is -0.138. The molecule has 22 heavy (non-hydrogen) atoms. The van der Waals surface area contributed by atoms with E-state index in [0.717, 1.165) is 51.4 Å². The van der Waals surface area contributed by atoms with Gasteiger partial charge in [0.25, 0.3) is 0 Å². The molecule has 0 atom stereocenters. The van der Waals surface area contributed by atoms with Crippen molar-refractivity contribution in [2.75, 3.05) is 0 Å². The maximum atomic E-state index is 10.2. The first-order valence-electron chi connectivity index (χ1n) is 9.06. The molecule has 1 rings (SSSR count). The average Bonchev–Trinajstić information content (AvgIpc) is 2.51. The van der Waals surface area contributed by atoms with Crippen LogP contribution in [0.5, 0.6) is 0 Å². The fraction of sp³-hybridized carbons (Fsp3) is 0.889. The Balaban J connectivity index is 0.000000604. The third kappa shape index (κ3) is 18.9. The highest BCUT2D eigenvalue weighted by atomic mass is 16.4. The van der Waals surface area contributed by atoms with Crippen LogP contribution in [0, 0.1) is 0 Å². The molecule has 0 aromatic heterocycles. The Hall–Kier alpha value is -1.06. The molecule has 1 fully saturated rings. The molecule has 0 heterocycles. The second-order valence-corrected chi connectivity index (χ2v) is 6.24. The molecule has 4 heteroatoms. The molecule has 0 aromatic carbocycles. The summed E-state index contributed by atoms with van der Waals surface area (Å²) in [6.45, 7) is 0. The van der Waals surface area contributed by atoms with Crippen molar-refractivity contribution in [1.82, 2.24) is 0 Å². The van der Waals surface area contributed by atoms with Crippen molar-refractivity contribution in [2.24, 2.45) is 0 Å². The molecule has 1 aliphatic rings. The largest absolute Gasteiger partial charge is 0.481 e. The van der Waals surface area contributed by atoms with Gasteiger partial charge in [0.05, 0.1) is 0 Å². The summed E-state index contributed by atoms with van der Waals surface area (Å²) in [7, 11) is 0. The van der Waals surface area contributed by atoms with Crippen LogP contribution >= 0.6 is 0 Å². The zero-order valence-electron chi connectivity index (χ0n) is 14.0. The minimum absolute atomic E-state index is 0.276. The van der Waals surface area contributed by atoms with E-state index < -0.39 is 11.9 Å². The summed E-state index contributed by atoms with van der Waals surface area (Å²) < 4.78 is 0. The standard InChI is InChI=1S/C12H22O4.C6H12/c13-11(14)9-7-5-3-1-2-4-6-8-10-12(15)16;1-2-4-6-5-3-1/h1-10H2,(H,13,14)(H,15,16);1-6H2. The Morgan fingerprint density at radius 3 is 0.955 bits per heavy atom. The van der Waals surface area contributed by atoms with Gasteiger partial charge in [0.2, 0.25) is 0 Å². The Labute approximate surface area is 135 Å². The third-order valence-electron chi connectivity index (χ3n) is 4.03. The van der Waals surface area contributed by atoms with Crippen molar-refractivity contribution in [3.05, 3.63) is 0 Å².